The number of methoxy groups -OCH3 is 2. The van der Waals surface area contributed by atoms with Gasteiger partial charge in [-0.2, -0.15) is 0 Å². The normalized spacial score (nSPS) is 15.5. The van der Waals surface area contributed by atoms with Gasteiger partial charge in [0.1, 0.15) is 11.5 Å². The minimum absolute atomic E-state index is 0.0560. The topological polar surface area (TPSA) is 50.8 Å². The summed E-state index contributed by atoms with van der Waals surface area (Å²) in [5.74, 6) is 1.59. The molecule has 1 heterocycles. The number of ether oxygens (including phenoxy) is 2. The van der Waals surface area contributed by atoms with Crippen molar-refractivity contribution in [1.29, 1.82) is 0 Å². The molecule has 1 aliphatic rings. The fourth-order valence-corrected chi connectivity index (χ4v) is 3.44. The third kappa shape index (κ3) is 5.60. The fourth-order valence-electron chi connectivity index (χ4n) is 3.44. The van der Waals surface area contributed by atoms with Crippen LogP contribution in [0, 0.1) is 0 Å². The highest BCUT2D eigenvalue weighted by Crippen LogP contribution is 2.19. The quantitative estimate of drug-likeness (QED) is 0.747. The lowest BCUT2D eigenvalue weighted by molar-refractivity contribution is -0.117. The number of carbonyl (C=O) groups excluding carboxylic acids is 1. The van der Waals surface area contributed by atoms with E-state index in [1.165, 1.54) is 5.56 Å². The Bertz CT molecular complexity index is 794. The van der Waals surface area contributed by atoms with E-state index in [0.29, 0.717) is 0 Å². The Kier molecular flexibility index (Phi) is 7.09. The molecule has 1 aliphatic heterocycles. The Balaban J connectivity index is 1.44. The van der Waals surface area contributed by atoms with Gasteiger partial charge in [-0.15, -0.1) is 0 Å². The van der Waals surface area contributed by atoms with Crippen LogP contribution in [-0.4, -0.2) is 44.2 Å². The average molecular weight is 380 g/mol. The molecule has 2 aromatic rings. The molecule has 1 saturated heterocycles. The summed E-state index contributed by atoms with van der Waals surface area (Å²) in [6, 6.07) is 16.1. The molecule has 2 aromatic carbocycles. The number of nitrogens with one attached hydrogen (secondary N) is 1. The summed E-state index contributed by atoms with van der Waals surface area (Å²) < 4.78 is 10.5. The van der Waals surface area contributed by atoms with Crippen molar-refractivity contribution in [3.8, 4) is 11.5 Å². The van der Waals surface area contributed by atoms with Crippen molar-refractivity contribution in [1.82, 2.24) is 10.2 Å². The zero-order valence-electron chi connectivity index (χ0n) is 16.6. The van der Waals surface area contributed by atoms with Crippen molar-refractivity contribution in [3.05, 3.63) is 65.7 Å². The van der Waals surface area contributed by atoms with Crippen molar-refractivity contribution in [3.63, 3.8) is 0 Å². The lowest BCUT2D eigenvalue weighted by Gasteiger charge is -2.32. The zero-order valence-corrected chi connectivity index (χ0v) is 16.6. The Hall–Kier alpha value is -2.79. The highest BCUT2D eigenvalue weighted by molar-refractivity contribution is 5.92. The van der Waals surface area contributed by atoms with Gasteiger partial charge in [0.05, 0.1) is 14.2 Å². The van der Waals surface area contributed by atoms with Crippen LogP contribution in [0.2, 0.25) is 0 Å². The standard InChI is InChI=1S/C23H28N2O3/c1-27-21-10-7-18(8-11-21)17-25-15-13-20(14-16-25)24-23(26)12-9-19-5-3-4-6-22(19)28-2/h3-12,20H,13-17H2,1-2H3,(H,24,26)/b12-9-. The SMILES string of the molecule is COc1ccc(CN2CCC(NC(=O)/C=C\c3ccccc3OC)CC2)cc1. The van der Waals surface area contributed by atoms with Crippen LogP contribution in [0.15, 0.2) is 54.6 Å². The van der Waals surface area contributed by atoms with Crippen LogP contribution in [0.25, 0.3) is 6.08 Å². The lowest BCUT2D eigenvalue weighted by Crippen LogP contribution is -2.43. The molecule has 0 aromatic heterocycles. The van der Waals surface area contributed by atoms with Gasteiger partial charge in [-0.3, -0.25) is 9.69 Å². The number of amides is 1. The summed E-state index contributed by atoms with van der Waals surface area (Å²) >= 11 is 0. The summed E-state index contributed by atoms with van der Waals surface area (Å²) in [7, 11) is 3.31. The zero-order chi connectivity index (χ0) is 19.8. The summed E-state index contributed by atoms with van der Waals surface area (Å²) in [5, 5.41) is 3.12. The number of nitrogens with zero attached hydrogens (tertiary/aromatic N) is 1. The van der Waals surface area contributed by atoms with Gasteiger partial charge in [0.2, 0.25) is 5.91 Å². The lowest BCUT2D eigenvalue weighted by atomic mass is 10.0. The first kappa shape index (κ1) is 20.0. The summed E-state index contributed by atoms with van der Waals surface area (Å²) in [4.78, 5) is 14.7. The van der Waals surface area contributed by atoms with Crippen molar-refractivity contribution in [2.24, 2.45) is 0 Å². The maximum atomic E-state index is 12.3. The summed E-state index contributed by atoms with van der Waals surface area (Å²) in [6.07, 6.45) is 5.31. The van der Waals surface area contributed by atoms with Gasteiger partial charge in [-0.25, -0.2) is 0 Å². The maximum Gasteiger partial charge on any atom is 0.244 e. The summed E-state index contributed by atoms with van der Waals surface area (Å²) in [6.45, 7) is 2.89. The van der Waals surface area contributed by atoms with E-state index in [4.69, 9.17) is 9.47 Å². The monoisotopic (exact) mass is 380 g/mol. The molecular weight excluding hydrogens is 352 g/mol. The van der Waals surface area contributed by atoms with Gasteiger partial charge in [-0.1, -0.05) is 30.3 Å². The van der Waals surface area contributed by atoms with Gasteiger partial charge in [0, 0.05) is 37.3 Å². The number of likely N-dealkylation sites (tertiary alicyclic amines) is 1. The first-order chi connectivity index (χ1) is 13.7. The van der Waals surface area contributed by atoms with Crippen LogP contribution >= 0.6 is 0 Å². The van der Waals surface area contributed by atoms with Crippen LogP contribution in [0.1, 0.15) is 24.0 Å². The predicted octanol–water partition coefficient (Wildman–Crippen LogP) is 3.50. The Morgan fingerprint density at radius 1 is 1.07 bits per heavy atom. The van der Waals surface area contributed by atoms with E-state index in [1.807, 2.05) is 36.4 Å². The molecular formula is C23H28N2O3. The van der Waals surface area contributed by atoms with E-state index < -0.39 is 0 Å². The van der Waals surface area contributed by atoms with Gasteiger partial charge in [0.25, 0.3) is 0 Å². The van der Waals surface area contributed by atoms with E-state index in [0.717, 1.165) is 49.5 Å². The molecule has 0 radical (unpaired) electrons. The number of hydrogen-bond donors (Lipinski definition) is 1. The Labute approximate surface area is 167 Å². The van der Waals surface area contributed by atoms with E-state index >= 15 is 0 Å². The largest absolute Gasteiger partial charge is 0.497 e. The average Bonchev–Trinajstić information content (AvgIpc) is 2.74. The predicted molar refractivity (Wildman–Crippen MR) is 111 cm³/mol. The first-order valence-corrected chi connectivity index (χ1v) is 9.65. The molecule has 0 spiro atoms. The number of piperidine rings is 1. The highest BCUT2D eigenvalue weighted by atomic mass is 16.5. The molecule has 3 rings (SSSR count). The molecule has 0 saturated carbocycles. The molecule has 0 aliphatic carbocycles. The van der Waals surface area contributed by atoms with E-state index in [2.05, 4.69) is 22.3 Å². The van der Waals surface area contributed by atoms with Gasteiger partial charge in [-0.05, 0) is 42.7 Å². The van der Waals surface area contributed by atoms with Crippen LogP contribution in [0.4, 0.5) is 0 Å². The van der Waals surface area contributed by atoms with Crippen LogP contribution in [-0.2, 0) is 11.3 Å². The number of rotatable bonds is 7. The molecule has 5 heteroatoms. The van der Waals surface area contributed by atoms with Crippen molar-refractivity contribution >= 4 is 12.0 Å². The Morgan fingerprint density at radius 3 is 2.46 bits per heavy atom. The first-order valence-electron chi connectivity index (χ1n) is 9.65. The van der Waals surface area contributed by atoms with Gasteiger partial charge >= 0.3 is 0 Å². The maximum absolute atomic E-state index is 12.3. The third-order valence-corrected chi connectivity index (χ3v) is 5.05. The van der Waals surface area contributed by atoms with Crippen LogP contribution < -0.4 is 14.8 Å². The van der Waals surface area contributed by atoms with Gasteiger partial charge in [0.15, 0.2) is 0 Å². The highest BCUT2D eigenvalue weighted by Gasteiger charge is 2.20. The van der Waals surface area contributed by atoms with Gasteiger partial charge < -0.3 is 14.8 Å². The number of hydrogen-bond acceptors (Lipinski definition) is 4. The van der Waals surface area contributed by atoms with Crippen molar-refractivity contribution < 1.29 is 14.3 Å². The minimum Gasteiger partial charge on any atom is -0.497 e. The molecule has 1 amide bonds. The molecule has 28 heavy (non-hydrogen) atoms. The number of benzene rings is 2. The molecule has 5 nitrogen and oxygen atoms in total. The third-order valence-electron chi connectivity index (χ3n) is 5.05. The smallest absolute Gasteiger partial charge is 0.244 e. The second-order valence-corrected chi connectivity index (χ2v) is 6.98. The minimum atomic E-state index is -0.0560. The van der Waals surface area contributed by atoms with Crippen LogP contribution in [0.5, 0.6) is 11.5 Å². The number of carbonyl (C=O) groups is 1. The molecule has 0 unspecified atom stereocenters. The Morgan fingerprint density at radius 2 is 1.79 bits per heavy atom. The van der Waals surface area contributed by atoms with E-state index in [9.17, 15) is 4.79 Å². The van der Waals surface area contributed by atoms with E-state index in [-0.39, 0.29) is 11.9 Å². The molecule has 0 atom stereocenters. The second kappa shape index (κ2) is 9.95. The molecule has 148 valence electrons. The fraction of sp³-hybridized carbons (Fsp3) is 0.348. The van der Waals surface area contributed by atoms with Crippen LogP contribution in [0.3, 0.4) is 0 Å². The van der Waals surface area contributed by atoms with Crippen molar-refractivity contribution in [2.75, 3.05) is 27.3 Å². The summed E-state index contributed by atoms with van der Waals surface area (Å²) in [5.41, 5.74) is 2.18. The molecule has 1 fully saturated rings. The second-order valence-electron chi connectivity index (χ2n) is 6.98. The molecule has 1 N–H and O–H groups in total. The van der Waals surface area contributed by atoms with Crippen molar-refractivity contribution in [2.45, 2.75) is 25.4 Å². The number of para-hydroxylation sites is 1. The molecule has 0 bridgehead atoms. The van der Waals surface area contributed by atoms with E-state index in [1.54, 1.807) is 26.4 Å².